The third kappa shape index (κ3) is 9.58. The van der Waals surface area contributed by atoms with E-state index in [0.717, 1.165) is 0 Å². The van der Waals surface area contributed by atoms with Crippen molar-refractivity contribution in [3.8, 4) is 0 Å². The number of nitrogens with one attached hydrogen (secondary N) is 1. The summed E-state index contributed by atoms with van der Waals surface area (Å²) in [7, 11) is 1.30. The number of halogens is 1. The van der Waals surface area contributed by atoms with Gasteiger partial charge in [0, 0.05) is 13.0 Å². The van der Waals surface area contributed by atoms with E-state index in [-0.39, 0.29) is 31.2 Å². The maximum atomic E-state index is 11.2. The van der Waals surface area contributed by atoms with Crippen LogP contribution in [0.1, 0.15) is 19.3 Å². The number of amides is 2. The van der Waals surface area contributed by atoms with Gasteiger partial charge in [0.1, 0.15) is 0 Å². The Balaban J connectivity index is 0. The van der Waals surface area contributed by atoms with Crippen molar-refractivity contribution in [1.29, 1.82) is 0 Å². The summed E-state index contributed by atoms with van der Waals surface area (Å²) in [6.45, 7) is 0.306. The average molecular weight is 268 g/mol. The smallest absolute Gasteiger partial charge is 0.305 e. The van der Waals surface area contributed by atoms with Crippen LogP contribution in [0.5, 0.6) is 0 Å². The minimum atomic E-state index is -0.935. The van der Waals surface area contributed by atoms with Crippen LogP contribution < -0.4 is 16.8 Å². The van der Waals surface area contributed by atoms with Gasteiger partial charge >= 0.3 is 5.97 Å². The summed E-state index contributed by atoms with van der Waals surface area (Å²) in [5.41, 5.74) is 10.3. The van der Waals surface area contributed by atoms with Gasteiger partial charge in [0.2, 0.25) is 11.8 Å². The average Bonchev–Trinajstić information content (AvgIpc) is 2.22. The molecule has 7 nitrogen and oxygen atoms in total. The molecule has 0 saturated heterocycles. The highest BCUT2D eigenvalue weighted by Gasteiger charge is 2.15. The zero-order chi connectivity index (χ0) is 12.6. The topological polar surface area (TPSA) is 125 Å². The molecule has 17 heavy (non-hydrogen) atoms. The molecule has 0 spiro atoms. The fourth-order valence-electron chi connectivity index (χ4n) is 0.987. The third-order valence-electron chi connectivity index (χ3n) is 1.84. The first-order valence-corrected chi connectivity index (χ1v) is 4.85. The minimum absolute atomic E-state index is 0. The van der Waals surface area contributed by atoms with Gasteiger partial charge in [-0.2, -0.15) is 0 Å². The molecule has 0 saturated carbocycles. The van der Waals surface area contributed by atoms with Gasteiger partial charge in [-0.15, -0.1) is 12.4 Å². The number of nitrogens with two attached hydrogens (primary N) is 2. The monoisotopic (exact) mass is 267 g/mol. The van der Waals surface area contributed by atoms with Crippen LogP contribution in [0, 0.1) is 0 Å². The number of rotatable bonds is 7. The van der Waals surface area contributed by atoms with Gasteiger partial charge in [0.05, 0.1) is 19.6 Å². The Morgan fingerprint density at radius 3 is 2.41 bits per heavy atom. The summed E-state index contributed by atoms with van der Waals surface area (Å²) in [6.07, 6.45) is 0.492. The Bertz CT molecular complexity index is 273. The van der Waals surface area contributed by atoms with E-state index < -0.39 is 17.9 Å². The Labute approximate surface area is 106 Å². The number of ether oxygens (including phenoxy) is 1. The summed E-state index contributed by atoms with van der Waals surface area (Å²) in [6, 6.07) is -0.935. The molecule has 0 rings (SSSR count). The van der Waals surface area contributed by atoms with Gasteiger partial charge < -0.3 is 21.5 Å². The van der Waals surface area contributed by atoms with Crippen LogP contribution in [-0.4, -0.2) is 37.5 Å². The maximum Gasteiger partial charge on any atom is 0.305 e. The molecule has 5 N–H and O–H groups in total. The second-order valence-corrected chi connectivity index (χ2v) is 3.25. The summed E-state index contributed by atoms with van der Waals surface area (Å²) < 4.78 is 4.42. The lowest BCUT2D eigenvalue weighted by molar-refractivity contribution is -0.140. The Hall–Kier alpha value is -1.34. The first-order valence-electron chi connectivity index (χ1n) is 4.85. The van der Waals surface area contributed by atoms with E-state index in [1.54, 1.807) is 0 Å². The van der Waals surface area contributed by atoms with Crippen molar-refractivity contribution in [3.05, 3.63) is 0 Å². The molecule has 0 aromatic heterocycles. The Kier molecular flexibility index (Phi) is 10.5. The van der Waals surface area contributed by atoms with Crippen molar-refractivity contribution in [2.45, 2.75) is 25.3 Å². The zero-order valence-corrected chi connectivity index (χ0v) is 10.4. The van der Waals surface area contributed by atoms with Gasteiger partial charge in [0.25, 0.3) is 0 Å². The summed E-state index contributed by atoms with van der Waals surface area (Å²) >= 11 is 0. The molecular formula is C9H18ClN3O4. The van der Waals surface area contributed by atoms with Crippen LogP contribution >= 0.6 is 12.4 Å². The maximum absolute atomic E-state index is 11.2. The number of methoxy groups -OCH3 is 1. The van der Waals surface area contributed by atoms with E-state index in [9.17, 15) is 14.4 Å². The largest absolute Gasteiger partial charge is 0.469 e. The van der Waals surface area contributed by atoms with Gasteiger partial charge in [0.15, 0.2) is 0 Å². The number of carbonyl (C=O) groups is 3. The lowest BCUT2D eigenvalue weighted by Crippen LogP contribution is -2.43. The Morgan fingerprint density at radius 1 is 1.35 bits per heavy atom. The standard InChI is InChI=1S/C9H17N3O4.ClH/c1-16-8(14)3-2-4-12-9(15)6(10)5-7(11)13;/h6H,2-5,10H2,1H3,(H2,11,13)(H,12,15);1H/t6-;/m1./s1. The predicted octanol–water partition coefficient (Wildman–Crippen LogP) is -1.32. The molecule has 0 bridgehead atoms. The van der Waals surface area contributed by atoms with Gasteiger partial charge in [-0.25, -0.2) is 0 Å². The molecule has 1 atom stereocenters. The van der Waals surface area contributed by atoms with Gasteiger partial charge in [-0.1, -0.05) is 0 Å². The molecule has 0 aliphatic carbocycles. The van der Waals surface area contributed by atoms with E-state index in [2.05, 4.69) is 10.1 Å². The van der Waals surface area contributed by atoms with E-state index in [4.69, 9.17) is 11.5 Å². The number of hydrogen-bond acceptors (Lipinski definition) is 5. The molecule has 0 unspecified atom stereocenters. The molecule has 100 valence electrons. The minimum Gasteiger partial charge on any atom is -0.469 e. The molecule has 0 aliphatic rings. The van der Waals surface area contributed by atoms with Crippen molar-refractivity contribution in [2.75, 3.05) is 13.7 Å². The van der Waals surface area contributed by atoms with Gasteiger partial charge in [-0.3, -0.25) is 14.4 Å². The number of primary amides is 1. The number of hydrogen-bond donors (Lipinski definition) is 3. The van der Waals surface area contributed by atoms with Crippen molar-refractivity contribution >= 4 is 30.2 Å². The molecule has 0 aliphatic heterocycles. The predicted molar refractivity (Wildman–Crippen MR) is 63.3 cm³/mol. The lowest BCUT2D eigenvalue weighted by Gasteiger charge is -2.09. The molecule has 2 amide bonds. The fourth-order valence-corrected chi connectivity index (χ4v) is 0.987. The quantitative estimate of drug-likeness (QED) is 0.390. The first-order chi connectivity index (χ1) is 7.47. The highest BCUT2D eigenvalue weighted by atomic mass is 35.5. The van der Waals surface area contributed by atoms with E-state index >= 15 is 0 Å². The highest BCUT2D eigenvalue weighted by molar-refractivity contribution is 5.87. The van der Waals surface area contributed by atoms with Crippen LogP contribution in [0.3, 0.4) is 0 Å². The number of esters is 1. The second-order valence-electron chi connectivity index (χ2n) is 3.25. The highest BCUT2D eigenvalue weighted by Crippen LogP contribution is 1.91. The van der Waals surface area contributed by atoms with Crippen LogP contribution in [0.2, 0.25) is 0 Å². The van der Waals surface area contributed by atoms with E-state index in [1.165, 1.54) is 7.11 Å². The molecular weight excluding hydrogens is 250 g/mol. The van der Waals surface area contributed by atoms with E-state index in [0.29, 0.717) is 13.0 Å². The number of carbonyl (C=O) groups excluding carboxylic acids is 3. The normalized spacial score (nSPS) is 10.9. The van der Waals surface area contributed by atoms with Crippen molar-refractivity contribution in [1.82, 2.24) is 5.32 Å². The second kappa shape index (κ2) is 9.86. The van der Waals surface area contributed by atoms with Gasteiger partial charge in [-0.05, 0) is 6.42 Å². The van der Waals surface area contributed by atoms with Crippen LogP contribution in [0.4, 0.5) is 0 Å². The fraction of sp³-hybridized carbons (Fsp3) is 0.667. The van der Waals surface area contributed by atoms with E-state index in [1.807, 2.05) is 0 Å². The summed E-state index contributed by atoms with van der Waals surface area (Å²) in [4.78, 5) is 32.4. The molecule has 0 aromatic rings. The van der Waals surface area contributed by atoms with Crippen molar-refractivity contribution in [3.63, 3.8) is 0 Å². The van der Waals surface area contributed by atoms with Crippen molar-refractivity contribution in [2.24, 2.45) is 11.5 Å². The Morgan fingerprint density at radius 2 is 1.94 bits per heavy atom. The van der Waals surface area contributed by atoms with Crippen LogP contribution in [-0.2, 0) is 19.1 Å². The van der Waals surface area contributed by atoms with Crippen LogP contribution in [0.15, 0.2) is 0 Å². The van der Waals surface area contributed by atoms with Crippen LogP contribution in [0.25, 0.3) is 0 Å². The summed E-state index contributed by atoms with van der Waals surface area (Å²) in [5.74, 6) is -1.42. The molecule has 8 heteroatoms. The molecule has 0 radical (unpaired) electrons. The molecule has 0 heterocycles. The molecule has 0 fully saturated rings. The summed E-state index contributed by atoms with van der Waals surface area (Å²) in [5, 5.41) is 2.49. The van der Waals surface area contributed by atoms with Crippen molar-refractivity contribution < 1.29 is 19.1 Å². The molecule has 0 aromatic carbocycles. The zero-order valence-electron chi connectivity index (χ0n) is 9.60. The SMILES string of the molecule is COC(=O)CCCNC(=O)[C@H](N)CC(N)=O.Cl. The first kappa shape index (κ1) is 18.0. The third-order valence-corrected chi connectivity index (χ3v) is 1.84. The lowest BCUT2D eigenvalue weighted by atomic mass is 10.2.